The topological polar surface area (TPSA) is 23.8 Å². The number of rotatable bonds is 4. The maximum Gasteiger partial charge on any atom is 0.509 e. The second kappa shape index (κ2) is 10.6. The van der Waals surface area contributed by atoms with Crippen molar-refractivity contribution in [2.75, 3.05) is 0 Å². The van der Waals surface area contributed by atoms with Gasteiger partial charge in [-0.05, 0) is 48.5 Å². The predicted molar refractivity (Wildman–Crippen MR) is 131 cm³/mol. The molecule has 0 atom stereocenters. The first kappa shape index (κ1) is 25.1. The summed E-state index contributed by atoms with van der Waals surface area (Å²) in [5.74, 6) is -0.115. The van der Waals surface area contributed by atoms with E-state index in [9.17, 15) is 21.8 Å². The monoisotopic (exact) mass is 483 g/mol. The van der Waals surface area contributed by atoms with E-state index in [0.717, 1.165) is 0 Å². The first-order chi connectivity index (χ1) is 16.2. The summed E-state index contributed by atoms with van der Waals surface area (Å²) in [4.78, 5) is 0. The highest BCUT2D eigenvalue weighted by atomic mass is 31.2. The van der Waals surface area contributed by atoms with Gasteiger partial charge < -0.3 is 8.63 Å². The van der Waals surface area contributed by atoms with Crippen molar-refractivity contribution >= 4 is 35.2 Å². The normalized spacial score (nSPS) is 11.6. The van der Waals surface area contributed by atoms with E-state index in [-0.39, 0.29) is 5.97 Å². The lowest BCUT2D eigenvalue weighted by Gasteiger charge is -2.27. The van der Waals surface area contributed by atoms with Crippen LogP contribution in [-0.2, 0) is 0 Å². The maximum atomic E-state index is 11.2. The van der Waals surface area contributed by atoms with Gasteiger partial charge in [-0.15, -0.1) is 0 Å². The Bertz CT molecular complexity index is 1050. The first-order valence-electron chi connectivity index (χ1n) is 10.3. The van der Waals surface area contributed by atoms with Crippen molar-refractivity contribution in [3.8, 4) is 5.97 Å². The summed E-state index contributed by atoms with van der Waals surface area (Å²) < 4.78 is 55.1. The van der Waals surface area contributed by atoms with E-state index in [1.54, 1.807) is 0 Å². The van der Waals surface area contributed by atoms with Crippen molar-refractivity contribution in [1.29, 1.82) is 5.26 Å². The number of nitriles is 1. The Hall–Kier alpha value is -3.49. The molecule has 0 saturated carbocycles. The molecule has 0 radical (unpaired) electrons. The van der Waals surface area contributed by atoms with Gasteiger partial charge >= 0.3 is 12.8 Å². The van der Waals surface area contributed by atoms with Crippen LogP contribution in [0.25, 0.3) is 0 Å². The summed E-state index contributed by atoms with van der Waals surface area (Å²) in [5, 5.41) is 12.8. The Balaban J connectivity index is 0.000000309. The fourth-order valence-corrected chi connectivity index (χ4v) is 7.84. The minimum Gasteiger partial charge on any atom is -0.459 e. The first-order valence-corrected chi connectivity index (χ1v) is 12.1. The molecular formula is C26H20BF5NP. The summed E-state index contributed by atoms with van der Waals surface area (Å²) in [5.41, 5.74) is 0. The lowest BCUT2D eigenvalue weighted by Crippen LogP contribution is -2.40. The number of nitrogens with zero attached hydrogens (tertiary/aromatic N) is 1. The zero-order chi connectivity index (χ0) is 24.7. The van der Waals surface area contributed by atoms with Crippen molar-refractivity contribution in [3.63, 3.8) is 0 Å². The van der Waals surface area contributed by atoms with E-state index in [2.05, 4.69) is 121 Å². The van der Waals surface area contributed by atoms with Crippen molar-refractivity contribution in [2.24, 2.45) is 0 Å². The van der Waals surface area contributed by atoms with Gasteiger partial charge in [-0.1, -0.05) is 78.8 Å². The minimum absolute atomic E-state index is 0.115. The highest BCUT2D eigenvalue weighted by molar-refractivity contribution is 8.01. The van der Waals surface area contributed by atoms with Crippen LogP contribution in [0.2, 0.25) is 0 Å². The van der Waals surface area contributed by atoms with Gasteiger partial charge in [0.05, 0.1) is 0 Å². The van der Waals surface area contributed by atoms with Crippen LogP contribution in [0.5, 0.6) is 0 Å². The maximum absolute atomic E-state index is 11.2. The molecule has 0 aliphatic carbocycles. The highest BCUT2D eigenvalue weighted by Gasteiger charge is 2.52. The second-order valence-electron chi connectivity index (χ2n) is 7.35. The van der Waals surface area contributed by atoms with Crippen LogP contribution in [-0.4, -0.2) is 12.8 Å². The van der Waals surface area contributed by atoms with Crippen LogP contribution < -0.4 is 21.2 Å². The molecule has 0 aliphatic heterocycles. The molecule has 8 heteroatoms. The van der Waals surface area contributed by atoms with Crippen molar-refractivity contribution in [3.05, 3.63) is 121 Å². The quantitative estimate of drug-likeness (QED) is 0.203. The molecule has 0 saturated heterocycles. The van der Waals surface area contributed by atoms with E-state index < -0.39 is 20.0 Å². The van der Waals surface area contributed by atoms with Gasteiger partial charge in [-0.3, -0.25) is 0 Å². The number of hydrogen-bond donors (Lipinski definition) is 0. The van der Waals surface area contributed by atoms with Crippen LogP contribution in [0.3, 0.4) is 0 Å². The molecule has 0 amide bonds. The fraction of sp³-hybridized carbons (Fsp3) is 0.0385. The Morgan fingerprint density at radius 2 is 0.765 bits per heavy atom. The minimum atomic E-state index is -5.83. The van der Waals surface area contributed by atoms with E-state index in [1.165, 1.54) is 21.2 Å². The van der Waals surface area contributed by atoms with E-state index in [4.69, 9.17) is 5.26 Å². The molecule has 0 heterocycles. The highest BCUT2D eigenvalue weighted by Crippen LogP contribution is 2.53. The van der Waals surface area contributed by atoms with Crippen LogP contribution >= 0.6 is 7.26 Å². The molecule has 1 nitrogen and oxygen atoms in total. The lowest BCUT2D eigenvalue weighted by molar-refractivity contribution is -0.0701. The smallest absolute Gasteiger partial charge is 0.459 e. The molecule has 0 bridgehead atoms. The molecule has 4 rings (SSSR count). The molecule has 172 valence electrons. The van der Waals surface area contributed by atoms with Gasteiger partial charge in [-0.25, -0.2) is 18.4 Å². The average molecular weight is 483 g/mol. The summed E-state index contributed by atoms with van der Waals surface area (Å²) in [6, 6.07) is 43.8. The van der Waals surface area contributed by atoms with Crippen molar-refractivity contribution in [1.82, 2.24) is 0 Å². The van der Waals surface area contributed by atoms with Gasteiger partial charge in [0.2, 0.25) is 0 Å². The average Bonchev–Trinajstić information content (AvgIpc) is 2.87. The van der Waals surface area contributed by atoms with Gasteiger partial charge in [0, 0.05) is 0 Å². The second-order valence-corrected chi connectivity index (χ2v) is 10.8. The molecule has 4 aromatic carbocycles. The Kier molecular flexibility index (Phi) is 7.86. The van der Waals surface area contributed by atoms with Gasteiger partial charge in [-0.2, -0.15) is 0 Å². The third-order valence-electron chi connectivity index (χ3n) is 5.15. The number of benzene rings is 4. The molecular weight excluding hydrogens is 463 g/mol. The summed E-state index contributed by atoms with van der Waals surface area (Å²) in [6.45, 7) is -5.83. The standard InChI is InChI=1S/C24H20P.C2BF5N/c1-5-13-21(14-6-1)25(22-15-7-2-8-16-22,23-17-9-3-10-18-23)24-19-11-4-12-20-24;4-2(5,6)3(7,8)1-9/h1-20H;/q+1;-1. The largest absolute Gasteiger partial charge is 0.509 e. The number of halogens is 5. The summed E-state index contributed by atoms with van der Waals surface area (Å²) in [6.07, 6.45) is -5.69. The zero-order valence-corrected chi connectivity index (χ0v) is 18.8. The molecule has 0 fully saturated rings. The third-order valence-corrected chi connectivity index (χ3v) is 9.44. The van der Waals surface area contributed by atoms with Gasteiger partial charge in [0.1, 0.15) is 28.5 Å². The zero-order valence-electron chi connectivity index (χ0n) is 17.9. The van der Waals surface area contributed by atoms with E-state index in [1.807, 2.05) is 0 Å². The van der Waals surface area contributed by atoms with Crippen LogP contribution in [0.4, 0.5) is 21.8 Å². The van der Waals surface area contributed by atoms with Crippen LogP contribution in [0, 0.1) is 11.2 Å². The van der Waals surface area contributed by atoms with Gasteiger partial charge in [0.25, 0.3) is 0 Å². The fourth-order valence-electron chi connectivity index (χ4n) is 3.57. The molecule has 0 aliphatic rings. The SMILES string of the molecule is N#C[B-](F)(F)C(F)(F)F.c1ccc([P+](c2ccccc2)(c2ccccc2)c2ccccc2)cc1. The molecule has 0 N–H and O–H groups in total. The molecule has 0 spiro atoms. The molecule has 34 heavy (non-hydrogen) atoms. The Morgan fingerprint density at radius 3 is 0.912 bits per heavy atom. The summed E-state index contributed by atoms with van der Waals surface area (Å²) >= 11 is 0. The van der Waals surface area contributed by atoms with Crippen LogP contribution in [0.15, 0.2) is 121 Å². The Morgan fingerprint density at radius 1 is 0.529 bits per heavy atom. The third kappa shape index (κ3) is 5.19. The molecule has 4 aromatic rings. The van der Waals surface area contributed by atoms with Crippen molar-refractivity contribution < 1.29 is 21.8 Å². The number of alkyl halides is 3. The van der Waals surface area contributed by atoms with Crippen LogP contribution in [0.1, 0.15) is 0 Å². The Labute approximate surface area is 195 Å². The van der Waals surface area contributed by atoms with E-state index in [0.29, 0.717) is 0 Å². The van der Waals surface area contributed by atoms with Gasteiger partial charge in [0.15, 0.2) is 0 Å². The summed E-state index contributed by atoms with van der Waals surface area (Å²) in [7, 11) is -1.91. The number of hydrogen-bond acceptors (Lipinski definition) is 1. The predicted octanol–water partition coefficient (Wildman–Crippen LogP) is 5.84. The lowest BCUT2D eigenvalue weighted by atomic mass is 9.66. The van der Waals surface area contributed by atoms with Crippen molar-refractivity contribution in [2.45, 2.75) is 6.08 Å². The van der Waals surface area contributed by atoms with E-state index >= 15 is 0 Å². The molecule has 0 unspecified atom stereocenters. The molecule has 0 aromatic heterocycles.